The molecule has 0 bridgehead atoms. The summed E-state index contributed by atoms with van der Waals surface area (Å²) in [5, 5.41) is 9.38. The largest absolute Gasteiger partial charge is 0.469 e. The molecule has 2 amide bonds. The van der Waals surface area contributed by atoms with Crippen LogP contribution in [0.3, 0.4) is 0 Å². The van der Waals surface area contributed by atoms with Crippen LogP contribution in [0.4, 0.5) is 0 Å². The number of benzene rings is 2. The van der Waals surface area contributed by atoms with Crippen molar-refractivity contribution in [3.63, 3.8) is 0 Å². The van der Waals surface area contributed by atoms with Crippen molar-refractivity contribution >= 4 is 28.6 Å². The number of amides is 2. The van der Waals surface area contributed by atoms with Crippen LogP contribution in [0, 0.1) is 5.92 Å². The molecule has 3 aromatic rings. The van der Waals surface area contributed by atoms with Gasteiger partial charge in [-0.05, 0) is 35.6 Å². The minimum absolute atomic E-state index is 0.0468. The Morgan fingerprint density at radius 2 is 1.91 bits per heavy atom. The van der Waals surface area contributed by atoms with E-state index >= 15 is 0 Å². The van der Waals surface area contributed by atoms with Gasteiger partial charge >= 0.3 is 5.97 Å². The number of nitrogens with one attached hydrogen (secondary N) is 1. The fourth-order valence-corrected chi connectivity index (χ4v) is 4.59. The quantitative estimate of drug-likeness (QED) is 0.547. The third kappa shape index (κ3) is 4.40. The SMILES string of the molecule is COC(=O)CCNC(=O)c1nn(CC2CC2)c2c1CN(C(=O)c1cccc3ccccc13)CC2. The Hall–Kier alpha value is -3.68. The summed E-state index contributed by atoms with van der Waals surface area (Å²) in [6.45, 7) is 1.89. The number of fused-ring (bicyclic) bond motifs is 2. The average Bonchev–Trinajstić information content (AvgIpc) is 3.62. The fraction of sp³-hybridized carbons (Fsp3) is 0.385. The molecule has 2 aromatic carbocycles. The van der Waals surface area contributed by atoms with E-state index in [2.05, 4.69) is 15.2 Å². The van der Waals surface area contributed by atoms with E-state index in [1.54, 1.807) is 4.90 Å². The molecular formula is C26H28N4O4. The lowest BCUT2D eigenvalue weighted by molar-refractivity contribution is -0.140. The van der Waals surface area contributed by atoms with Crippen LogP contribution < -0.4 is 5.32 Å². The van der Waals surface area contributed by atoms with Gasteiger partial charge in [0.05, 0.1) is 20.1 Å². The first kappa shape index (κ1) is 22.1. The van der Waals surface area contributed by atoms with Crippen LogP contribution in [-0.4, -0.2) is 52.7 Å². The normalized spacial score (nSPS) is 15.1. The van der Waals surface area contributed by atoms with Crippen LogP contribution in [0.2, 0.25) is 0 Å². The van der Waals surface area contributed by atoms with Crippen molar-refractivity contribution in [2.45, 2.75) is 38.8 Å². The zero-order valence-electron chi connectivity index (χ0n) is 19.3. The van der Waals surface area contributed by atoms with Gasteiger partial charge in [-0.25, -0.2) is 0 Å². The number of ether oxygens (including phenoxy) is 1. The Balaban J connectivity index is 1.40. The molecule has 0 spiro atoms. The third-order valence-electron chi connectivity index (χ3n) is 6.63. The number of carbonyl (C=O) groups is 3. The average molecular weight is 461 g/mol. The van der Waals surface area contributed by atoms with Crippen molar-refractivity contribution in [3.05, 3.63) is 65.0 Å². The van der Waals surface area contributed by atoms with Gasteiger partial charge < -0.3 is 15.0 Å². The van der Waals surface area contributed by atoms with E-state index in [9.17, 15) is 14.4 Å². The van der Waals surface area contributed by atoms with Crippen molar-refractivity contribution in [2.75, 3.05) is 20.2 Å². The lowest BCUT2D eigenvalue weighted by atomic mass is 10.0. The molecule has 1 aliphatic heterocycles. The maximum absolute atomic E-state index is 13.5. The van der Waals surface area contributed by atoms with Crippen LogP contribution in [0.1, 0.15) is 51.4 Å². The maximum atomic E-state index is 13.5. The van der Waals surface area contributed by atoms with Gasteiger partial charge in [-0.15, -0.1) is 0 Å². The number of nitrogens with zero attached hydrogens (tertiary/aromatic N) is 3. The molecule has 5 rings (SSSR count). The molecule has 1 aromatic heterocycles. The summed E-state index contributed by atoms with van der Waals surface area (Å²) >= 11 is 0. The maximum Gasteiger partial charge on any atom is 0.307 e. The number of methoxy groups -OCH3 is 1. The number of esters is 1. The summed E-state index contributed by atoms with van der Waals surface area (Å²) in [7, 11) is 1.32. The molecular weight excluding hydrogens is 432 g/mol. The second-order valence-corrected chi connectivity index (χ2v) is 8.98. The highest BCUT2D eigenvalue weighted by Gasteiger charge is 2.32. The number of aromatic nitrogens is 2. The van der Waals surface area contributed by atoms with Crippen LogP contribution in [0.15, 0.2) is 42.5 Å². The first-order valence-electron chi connectivity index (χ1n) is 11.8. The summed E-state index contributed by atoms with van der Waals surface area (Å²) in [6, 6.07) is 13.6. The highest BCUT2D eigenvalue weighted by molar-refractivity contribution is 6.07. The lowest BCUT2D eigenvalue weighted by Gasteiger charge is -2.28. The van der Waals surface area contributed by atoms with Gasteiger partial charge in [-0.3, -0.25) is 19.1 Å². The van der Waals surface area contributed by atoms with Crippen molar-refractivity contribution in [1.29, 1.82) is 0 Å². The van der Waals surface area contributed by atoms with Gasteiger partial charge in [0.2, 0.25) is 0 Å². The fourth-order valence-electron chi connectivity index (χ4n) is 4.59. The Labute approximate surface area is 197 Å². The first-order valence-corrected chi connectivity index (χ1v) is 11.8. The minimum atomic E-state index is -0.381. The third-order valence-corrected chi connectivity index (χ3v) is 6.63. The van der Waals surface area contributed by atoms with Crippen LogP contribution in [-0.2, 0) is 29.0 Å². The Bertz CT molecular complexity index is 1260. The van der Waals surface area contributed by atoms with Crippen LogP contribution >= 0.6 is 0 Å². The van der Waals surface area contributed by atoms with Gasteiger partial charge in [0.25, 0.3) is 11.8 Å². The molecule has 0 atom stereocenters. The van der Waals surface area contributed by atoms with E-state index in [0.717, 1.165) is 28.6 Å². The zero-order chi connectivity index (χ0) is 23.7. The molecule has 1 N–H and O–H groups in total. The second kappa shape index (κ2) is 9.29. The number of hydrogen-bond acceptors (Lipinski definition) is 5. The van der Waals surface area contributed by atoms with Gasteiger partial charge in [-0.1, -0.05) is 36.4 Å². The molecule has 1 saturated carbocycles. The Kier molecular flexibility index (Phi) is 6.04. The molecule has 0 saturated heterocycles. The monoisotopic (exact) mass is 460 g/mol. The van der Waals surface area contributed by atoms with Crippen molar-refractivity contribution in [2.24, 2.45) is 5.92 Å². The molecule has 8 nitrogen and oxygen atoms in total. The topological polar surface area (TPSA) is 93.5 Å². The highest BCUT2D eigenvalue weighted by Crippen LogP contribution is 2.33. The molecule has 1 aliphatic carbocycles. The van der Waals surface area contributed by atoms with Gasteiger partial charge in [0.1, 0.15) is 0 Å². The molecule has 1 fully saturated rings. The molecule has 0 unspecified atom stereocenters. The van der Waals surface area contributed by atoms with E-state index in [1.807, 2.05) is 47.1 Å². The van der Waals surface area contributed by atoms with Gasteiger partial charge in [0, 0.05) is 42.9 Å². The van der Waals surface area contributed by atoms with E-state index in [-0.39, 0.29) is 30.7 Å². The molecule has 176 valence electrons. The van der Waals surface area contributed by atoms with E-state index < -0.39 is 0 Å². The predicted octanol–water partition coefficient (Wildman–Crippen LogP) is 2.94. The van der Waals surface area contributed by atoms with E-state index in [4.69, 9.17) is 0 Å². The number of hydrogen-bond donors (Lipinski definition) is 1. The number of carbonyl (C=O) groups excluding carboxylic acids is 3. The summed E-state index contributed by atoms with van der Waals surface area (Å²) in [6.07, 6.45) is 3.11. The molecule has 8 heteroatoms. The summed E-state index contributed by atoms with van der Waals surface area (Å²) in [5.41, 5.74) is 2.84. The Morgan fingerprint density at radius 1 is 1.12 bits per heavy atom. The smallest absolute Gasteiger partial charge is 0.307 e. The molecule has 2 heterocycles. The van der Waals surface area contributed by atoms with E-state index in [1.165, 1.54) is 20.0 Å². The zero-order valence-corrected chi connectivity index (χ0v) is 19.3. The van der Waals surface area contributed by atoms with Crippen molar-refractivity contribution in [3.8, 4) is 0 Å². The van der Waals surface area contributed by atoms with E-state index in [0.29, 0.717) is 36.7 Å². The standard InChI is InChI=1S/C26H28N4O4/c1-34-23(31)11-13-27-25(32)24-21-16-29(14-12-22(21)30(28-24)15-17-9-10-17)26(33)20-8-4-6-18-5-2-3-7-19(18)20/h2-8,17H,9-16H2,1H3,(H,27,32). The van der Waals surface area contributed by atoms with Crippen molar-refractivity contribution < 1.29 is 19.1 Å². The molecule has 0 radical (unpaired) electrons. The highest BCUT2D eigenvalue weighted by atomic mass is 16.5. The Morgan fingerprint density at radius 3 is 2.71 bits per heavy atom. The van der Waals surface area contributed by atoms with Crippen LogP contribution in [0.25, 0.3) is 10.8 Å². The van der Waals surface area contributed by atoms with Gasteiger partial charge in [0.15, 0.2) is 5.69 Å². The molecule has 34 heavy (non-hydrogen) atoms. The number of rotatable bonds is 7. The summed E-state index contributed by atoms with van der Waals surface area (Å²) in [4.78, 5) is 39.7. The lowest BCUT2D eigenvalue weighted by Crippen LogP contribution is -2.37. The van der Waals surface area contributed by atoms with Crippen LogP contribution in [0.5, 0.6) is 0 Å². The molecule has 2 aliphatic rings. The van der Waals surface area contributed by atoms with Gasteiger partial charge in [-0.2, -0.15) is 5.10 Å². The second-order valence-electron chi connectivity index (χ2n) is 8.98. The summed E-state index contributed by atoms with van der Waals surface area (Å²) in [5.74, 6) is -0.147. The predicted molar refractivity (Wildman–Crippen MR) is 126 cm³/mol. The van der Waals surface area contributed by atoms with Crippen molar-refractivity contribution in [1.82, 2.24) is 20.0 Å². The first-order chi connectivity index (χ1) is 16.5. The minimum Gasteiger partial charge on any atom is -0.469 e. The summed E-state index contributed by atoms with van der Waals surface area (Å²) < 4.78 is 6.60.